The maximum atomic E-state index is 13.5. The lowest BCUT2D eigenvalue weighted by molar-refractivity contribution is 0.474. The third-order valence-electron chi connectivity index (χ3n) is 3.58. The standard InChI is InChI=1S/C17H27BrFN/c1-3-5-6-7-8-9-10-17(20-4-2)14-11-15(18)13-16(19)12-14/h11-13,17,20H,3-10H2,1-2H3. The minimum atomic E-state index is -0.166. The first-order chi connectivity index (χ1) is 9.67. The summed E-state index contributed by atoms with van der Waals surface area (Å²) in [5.74, 6) is -0.166. The molecule has 3 heteroatoms. The SMILES string of the molecule is CCCCCCCCC(NCC)c1cc(F)cc(Br)c1. The quantitative estimate of drug-likeness (QED) is 0.514. The van der Waals surface area contributed by atoms with Crippen LogP contribution in [0.3, 0.4) is 0 Å². The minimum Gasteiger partial charge on any atom is -0.310 e. The Bertz CT molecular complexity index is 361. The maximum absolute atomic E-state index is 13.5. The molecule has 0 bridgehead atoms. The van der Waals surface area contributed by atoms with Gasteiger partial charge < -0.3 is 5.32 Å². The van der Waals surface area contributed by atoms with Gasteiger partial charge in [-0.1, -0.05) is 68.3 Å². The number of benzene rings is 1. The van der Waals surface area contributed by atoms with Crippen molar-refractivity contribution in [3.05, 3.63) is 34.1 Å². The summed E-state index contributed by atoms with van der Waals surface area (Å²) in [6.45, 7) is 5.25. The zero-order chi connectivity index (χ0) is 14.8. The normalized spacial score (nSPS) is 12.6. The molecule has 0 aromatic heterocycles. The second kappa shape index (κ2) is 10.3. The summed E-state index contributed by atoms with van der Waals surface area (Å²) in [6, 6.07) is 5.44. The van der Waals surface area contributed by atoms with Crippen LogP contribution in [0.25, 0.3) is 0 Å². The summed E-state index contributed by atoms with van der Waals surface area (Å²) in [7, 11) is 0. The summed E-state index contributed by atoms with van der Waals surface area (Å²) in [5.41, 5.74) is 1.05. The predicted molar refractivity (Wildman–Crippen MR) is 88.5 cm³/mol. The van der Waals surface area contributed by atoms with Gasteiger partial charge in [-0.15, -0.1) is 0 Å². The van der Waals surface area contributed by atoms with E-state index in [1.54, 1.807) is 6.07 Å². The summed E-state index contributed by atoms with van der Waals surface area (Å²) in [5, 5.41) is 3.47. The Labute approximate surface area is 131 Å². The maximum Gasteiger partial charge on any atom is 0.124 e. The van der Waals surface area contributed by atoms with Crippen molar-refractivity contribution in [2.75, 3.05) is 6.54 Å². The van der Waals surface area contributed by atoms with E-state index < -0.39 is 0 Å². The van der Waals surface area contributed by atoms with E-state index in [1.165, 1.54) is 44.6 Å². The number of halogens is 2. The molecule has 0 radical (unpaired) electrons. The molecule has 1 aromatic carbocycles. The lowest BCUT2D eigenvalue weighted by Crippen LogP contribution is -2.21. The summed E-state index contributed by atoms with van der Waals surface area (Å²) < 4.78 is 14.3. The van der Waals surface area contributed by atoms with E-state index in [0.29, 0.717) is 0 Å². The van der Waals surface area contributed by atoms with Gasteiger partial charge >= 0.3 is 0 Å². The molecule has 0 aliphatic heterocycles. The molecule has 0 saturated carbocycles. The van der Waals surface area contributed by atoms with Crippen LogP contribution in [-0.2, 0) is 0 Å². The van der Waals surface area contributed by atoms with Gasteiger partial charge in [-0.2, -0.15) is 0 Å². The average Bonchev–Trinajstić information content (AvgIpc) is 2.40. The van der Waals surface area contributed by atoms with Crippen molar-refractivity contribution in [2.24, 2.45) is 0 Å². The monoisotopic (exact) mass is 343 g/mol. The van der Waals surface area contributed by atoms with Gasteiger partial charge in [0.25, 0.3) is 0 Å². The van der Waals surface area contributed by atoms with Crippen LogP contribution in [0.5, 0.6) is 0 Å². The Morgan fingerprint density at radius 2 is 1.75 bits per heavy atom. The highest BCUT2D eigenvalue weighted by atomic mass is 79.9. The minimum absolute atomic E-state index is 0.166. The van der Waals surface area contributed by atoms with Crippen LogP contribution in [0.4, 0.5) is 4.39 Å². The van der Waals surface area contributed by atoms with Crippen LogP contribution >= 0.6 is 15.9 Å². The van der Waals surface area contributed by atoms with Crippen LogP contribution in [0.15, 0.2) is 22.7 Å². The fraction of sp³-hybridized carbons (Fsp3) is 0.647. The molecule has 0 aliphatic carbocycles. The Balaban J connectivity index is 2.47. The first-order valence-corrected chi connectivity index (χ1v) is 8.66. The van der Waals surface area contributed by atoms with Gasteiger partial charge in [-0.25, -0.2) is 4.39 Å². The van der Waals surface area contributed by atoms with Crippen molar-refractivity contribution in [1.82, 2.24) is 5.32 Å². The van der Waals surface area contributed by atoms with Crippen molar-refractivity contribution >= 4 is 15.9 Å². The van der Waals surface area contributed by atoms with Gasteiger partial charge in [0, 0.05) is 10.5 Å². The topological polar surface area (TPSA) is 12.0 Å². The zero-order valence-electron chi connectivity index (χ0n) is 12.7. The van der Waals surface area contributed by atoms with Crippen molar-refractivity contribution in [3.63, 3.8) is 0 Å². The van der Waals surface area contributed by atoms with Gasteiger partial charge in [-0.05, 0) is 36.7 Å². The van der Waals surface area contributed by atoms with Gasteiger partial charge in [0.2, 0.25) is 0 Å². The Morgan fingerprint density at radius 1 is 1.05 bits per heavy atom. The third kappa shape index (κ3) is 6.85. The number of hydrogen-bond donors (Lipinski definition) is 1. The lowest BCUT2D eigenvalue weighted by atomic mass is 9.99. The van der Waals surface area contributed by atoms with Gasteiger partial charge in [-0.3, -0.25) is 0 Å². The second-order valence-electron chi connectivity index (χ2n) is 5.37. The molecule has 114 valence electrons. The summed E-state index contributed by atoms with van der Waals surface area (Å²) in [4.78, 5) is 0. The van der Waals surface area contributed by atoms with Gasteiger partial charge in [0.05, 0.1) is 0 Å². The van der Waals surface area contributed by atoms with E-state index in [2.05, 4.69) is 35.1 Å². The molecule has 0 saturated heterocycles. The van der Waals surface area contributed by atoms with Crippen molar-refractivity contribution in [1.29, 1.82) is 0 Å². The zero-order valence-corrected chi connectivity index (χ0v) is 14.3. The average molecular weight is 344 g/mol. The first-order valence-electron chi connectivity index (χ1n) is 7.86. The molecule has 0 fully saturated rings. The predicted octanol–water partition coefficient (Wildman–Crippen LogP) is 5.99. The van der Waals surface area contributed by atoms with Crippen molar-refractivity contribution in [2.45, 2.75) is 64.8 Å². The molecule has 1 nitrogen and oxygen atoms in total. The molecular weight excluding hydrogens is 317 g/mol. The van der Waals surface area contributed by atoms with E-state index in [-0.39, 0.29) is 11.9 Å². The van der Waals surface area contributed by atoms with E-state index in [0.717, 1.165) is 23.0 Å². The molecule has 0 spiro atoms. The molecule has 0 heterocycles. The lowest BCUT2D eigenvalue weighted by Gasteiger charge is -2.19. The highest BCUT2D eigenvalue weighted by Crippen LogP contribution is 2.24. The highest BCUT2D eigenvalue weighted by Gasteiger charge is 2.11. The third-order valence-corrected chi connectivity index (χ3v) is 4.04. The van der Waals surface area contributed by atoms with Gasteiger partial charge in [0.15, 0.2) is 0 Å². The largest absolute Gasteiger partial charge is 0.310 e. The Kier molecular flexibility index (Phi) is 9.12. The van der Waals surface area contributed by atoms with Crippen molar-refractivity contribution in [3.8, 4) is 0 Å². The molecule has 20 heavy (non-hydrogen) atoms. The fourth-order valence-corrected chi connectivity index (χ4v) is 3.02. The van der Waals surface area contributed by atoms with E-state index >= 15 is 0 Å². The van der Waals surface area contributed by atoms with Crippen molar-refractivity contribution < 1.29 is 4.39 Å². The Morgan fingerprint density at radius 3 is 2.40 bits per heavy atom. The molecule has 1 unspecified atom stereocenters. The molecule has 0 amide bonds. The highest BCUT2D eigenvalue weighted by molar-refractivity contribution is 9.10. The number of rotatable bonds is 10. The number of hydrogen-bond acceptors (Lipinski definition) is 1. The fourth-order valence-electron chi connectivity index (χ4n) is 2.54. The molecule has 0 aliphatic rings. The smallest absolute Gasteiger partial charge is 0.124 e. The van der Waals surface area contributed by atoms with Crippen LogP contribution in [0.1, 0.15) is 70.4 Å². The molecule has 1 rings (SSSR count). The molecule has 1 aromatic rings. The van der Waals surface area contributed by atoms with E-state index in [4.69, 9.17) is 0 Å². The van der Waals surface area contributed by atoms with E-state index in [9.17, 15) is 4.39 Å². The molecule has 1 atom stereocenters. The number of unbranched alkanes of at least 4 members (excludes halogenated alkanes) is 5. The van der Waals surface area contributed by atoms with Gasteiger partial charge in [0.1, 0.15) is 5.82 Å². The summed E-state index contributed by atoms with van der Waals surface area (Å²) >= 11 is 3.37. The first kappa shape index (κ1) is 17.6. The summed E-state index contributed by atoms with van der Waals surface area (Å²) in [6.07, 6.45) is 8.85. The molecule has 1 N–H and O–H groups in total. The van der Waals surface area contributed by atoms with Crippen LogP contribution in [0.2, 0.25) is 0 Å². The van der Waals surface area contributed by atoms with Crippen LogP contribution in [-0.4, -0.2) is 6.54 Å². The molecular formula is C17H27BrFN. The van der Waals surface area contributed by atoms with E-state index in [1.807, 2.05) is 6.07 Å². The Hall–Kier alpha value is -0.410. The van der Waals surface area contributed by atoms with Crippen LogP contribution < -0.4 is 5.32 Å². The van der Waals surface area contributed by atoms with Crippen LogP contribution in [0, 0.1) is 5.82 Å². The number of nitrogens with one attached hydrogen (secondary N) is 1. The second-order valence-corrected chi connectivity index (χ2v) is 6.29.